The minimum Gasteiger partial charge on any atom is -0.325 e. The fraction of sp³-hybridized carbons (Fsp3) is 0.273. The van der Waals surface area contributed by atoms with Crippen molar-refractivity contribution in [3.05, 3.63) is 24.3 Å². The third-order valence-electron chi connectivity index (χ3n) is 2.16. The minimum absolute atomic E-state index is 0.144. The Morgan fingerprint density at radius 3 is 2.33 bits per heavy atom. The number of sulfonamides is 1. The van der Waals surface area contributed by atoms with Gasteiger partial charge < -0.3 is 5.32 Å². The van der Waals surface area contributed by atoms with Crippen molar-refractivity contribution in [1.29, 1.82) is 5.26 Å². The Kier molecular flexibility index (Phi) is 4.42. The fourth-order valence-electron chi connectivity index (χ4n) is 1.20. The van der Waals surface area contributed by atoms with Gasteiger partial charge in [-0.3, -0.25) is 4.79 Å². The van der Waals surface area contributed by atoms with Crippen LogP contribution in [0.3, 0.4) is 0 Å². The SMILES string of the molecule is CN(C)S(=O)(=O)c1ccc(NC(=O)CC#N)cc1. The number of carbonyl (C=O) groups excluding carboxylic acids is 1. The van der Waals surface area contributed by atoms with Gasteiger partial charge in [-0.25, -0.2) is 12.7 Å². The number of benzene rings is 1. The predicted molar refractivity (Wildman–Crippen MR) is 66.2 cm³/mol. The van der Waals surface area contributed by atoms with Crippen molar-refractivity contribution in [2.75, 3.05) is 19.4 Å². The first-order valence-corrected chi connectivity index (χ1v) is 6.51. The number of rotatable bonds is 4. The Morgan fingerprint density at radius 1 is 1.33 bits per heavy atom. The molecule has 7 heteroatoms. The molecule has 0 unspecified atom stereocenters. The Balaban J connectivity index is 2.88. The van der Waals surface area contributed by atoms with Crippen LogP contribution in [0, 0.1) is 11.3 Å². The van der Waals surface area contributed by atoms with Crippen LogP contribution in [-0.4, -0.2) is 32.7 Å². The summed E-state index contributed by atoms with van der Waals surface area (Å²) in [6.07, 6.45) is -0.238. The molecule has 1 amide bonds. The summed E-state index contributed by atoms with van der Waals surface area (Å²) in [6, 6.07) is 7.48. The first-order valence-electron chi connectivity index (χ1n) is 5.07. The molecule has 1 aromatic rings. The largest absolute Gasteiger partial charge is 0.325 e. The molecule has 0 aliphatic carbocycles. The van der Waals surface area contributed by atoms with Crippen molar-refractivity contribution in [1.82, 2.24) is 4.31 Å². The van der Waals surface area contributed by atoms with Gasteiger partial charge in [0, 0.05) is 19.8 Å². The molecule has 18 heavy (non-hydrogen) atoms. The highest BCUT2D eigenvalue weighted by Gasteiger charge is 2.16. The number of nitrogens with one attached hydrogen (secondary N) is 1. The molecule has 0 spiro atoms. The van der Waals surface area contributed by atoms with Gasteiger partial charge in [0.2, 0.25) is 15.9 Å². The van der Waals surface area contributed by atoms with Crippen LogP contribution in [0.4, 0.5) is 5.69 Å². The molecule has 1 N–H and O–H groups in total. The summed E-state index contributed by atoms with van der Waals surface area (Å²) in [5, 5.41) is 10.8. The first kappa shape index (κ1) is 14.2. The van der Waals surface area contributed by atoms with Crippen LogP contribution in [0.2, 0.25) is 0 Å². The van der Waals surface area contributed by atoms with Crippen molar-refractivity contribution in [2.24, 2.45) is 0 Å². The predicted octanol–water partition coefficient (Wildman–Crippen LogP) is 0.789. The topological polar surface area (TPSA) is 90.3 Å². The van der Waals surface area contributed by atoms with E-state index >= 15 is 0 Å². The monoisotopic (exact) mass is 267 g/mol. The lowest BCUT2D eigenvalue weighted by Gasteiger charge is -2.11. The van der Waals surface area contributed by atoms with Gasteiger partial charge in [-0.1, -0.05) is 0 Å². The third kappa shape index (κ3) is 3.29. The van der Waals surface area contributed by atoms with E-state index in [4.69, 9.17) is 5.26 Å². The van der Waals surface area contributed by atoms with Crippen LogP contribution in [-0.2, 0) is 14.8 Å². The quantitative estimate of drug-likeness (QED) is 0.873. The number of carbonyl (C=O) groups is 1. The number of hydrogen-bond donors (Lipinski definition) is 1. The average Bonchev–Trinajstić information content (AvgIpc) is 2.29. The van der Waals surface area contributed by atoms with E-state index in [0.717, 1.165) is 4.31 Å². The number of anilines is 1. The molecule has 96 valence electrons. The van der Waals surface area contributed by atoms with E-state index in [9.17, 15) is 13.2 Å². The van der Waals surface area contributed by atoms with Gasteiger partial charge in [0.1, 0.15) is 6.42 Å². The summed E-state index contributed by atoms with van der Waals surface area (Å²) in [6.45, 7) is 0. The molecular formula is C11H13N3O3S. The zero-order valence-corrected chi connectivity index (χ0v) is 10.9. The van der Waals surface area contributed by atoms with E-state index in [1.807, 2.05) is 0 Å². The average molecular weight is 267 g/mol. The van der Waals surface area contributed by atoms with Crippen LogP contribution >= 0.6 is 0 Å². The summed E-state index contributed by atoms with van der Waals surface area (Å²) in [7, 11) is -0.579. The zero-order valence-electron chi connectivity index (χ0n) is 10.0. The lowest BCUT2D eigenvalue weighted by Crippen LogP contribution is -2.22. The summed E-state index contributed by atoms with van der Waals surface area (Å²) < 4.78 is 24.6. The van der Waals surface area contributed by atoms with Crippen LogP contribution in [0.1, 0.15) is 6.42 Å². The molecule has 6 nitrogen and oxygen atoms in total. The second-order valence-corrected chi connectivity index (χ2v) is 5.85. The Hall–Kier alpha value is -1.91. The Labute approximate surface area is 106 Å². The molecule has 0 aliphatic rings. The van der Waals surface area contributed by atoms with Crippen molar-refractivity contribution in [2.45, 2.75) is 11.3 Å². The van der Waals surface area contributed by atoms with Gasteiger partial charge in [-0.15, -0.1) is 0 Å². The fourth-order valence-corrected chi connectivity index (χ4v) is 2.10. The highest BCUT2D eigenvalue weighted by molar-refractivity contribution is 7.89. The van der Waals surface area contributed by atoms with Crippen LogP contribution in [0.5, 0.6) is 0 Å². The number of amides is 1. The van der Waals surface area contributed by atoms with Gasteiger partial charge >= 0.3 is 0 Å². The minimum atomic E-state index is -3.46. The van der Waals surface area contributed by atoms with E-state index in [1.54, 1.807) is 6.07 Å². The smallest absolute Gasteiger partial charge is 0.242 e. The second kappa shape index (κ2) is 5.62. The molecule has 0 fully saturated rings. The first-order chi connectivity index (χ1) is 8.37. The molecule has 0 saturated heterocycles. The van der Waals surface area contributed by atoms with Crippen LogP contribution in [0.25, 0.3) is 0 Å². The molecule has 0 atom stereocenters. The van der Waals surface area contributed by atoms with E-state index in [-0.39, 0.29) is 11.3 Å². The lowest BCUT2D eigenvalue weighted by atomic mass is 10.3. The number of nitrogens with zero attached hydrogens (tertiary/aromatic N) is 2. The number of nitriles is 1. The highest BCUT2D eigenvalue weighted by Crippen LogP contribution is 2.16. The molecule has 0 bridgehead atoms. The highest BCUT2D eigenvalue weighted by atomic mass is 32.2. The molecule has 1 aromatic carbocycles. The molecule has 0 aromatic heterocycles. The van der Waals surface area contributed by atoms with Crippen LogP contribution < -0.4 is 5.32 Å². The number of hydrogen-bond acceptors (Lipinski definition) is 4. The Bertz CT molecular complexity index is 571. The molecule has 0 radical (unpaired) electrons. The molecular weight excluding hydrogens is 254 g/mol. The Morgan fingerprint density at radius 2 is 1.89 bits per heavy atom. The van der Waals surface area contributed by atoms with Gasteiger partial charge in [0.15, 0.2) is 0 Å². The summed E-state index contributed by atoms with van der Waals surface area (Å²) in [4.78, 5) is 11.3. The summed E-state index contributed by atoms with van der Waals surface area (Å²) in [5.74, 6) is -0.430. The maximum absolute atomic E-state index is 11.8. The van der Waals surface area contributed by atoms with Crippen molar-refractivity contribution < 1.29 is 13.2 Å². The normalized spacial score (nSPS) is 11.0. The third-order valence-corrected chi connectivity index (χ3v) is 3.99. The lowest BCUT2D eigenvalue weighted by molar-refractivity contribution is -0.115. The summed E-state index contributed by atoms with van der Waals surface area (Å²) in [5.41, 5.74) is 0.452. The van der Waals surface area contributed by atoms with Gasteiger partial charge in [0.25, 0.3) is 0 Å². The summed E-state index contributed by atoms with van der Waals surface area (Å²) >= 11 is 0. The van der Waals surface area contributed by atoms with E-state index in [2.05, 4.69) is 5.32 Å². The molecule has 1 rings (SSSR count). The van der Waals surface area contributed by atoms with Crippen molar-refractivity contribution in [3.8, 4) is 6.07 Å². The van der Waals surface area contributed by atoms with Crippen molar-refractivity contribution in [3.63, 3.8) is 0 Å². The van der Waals surface area contributed by atoms with Gasteiger partial charge in [0.05, 0.1) is 11.0 Å². The van der Waals surface area contributed by atoms with E-state index < -0.39 is 15.9 Å². The van der Waals surface area contributed by atoms with Gasteiger partial charge in [-0.2, -0.15) is 5.26 Å². The van der Waals surface area contributed by atoms with Crippen LogP contribution in [0.15, 0.2) is 29.2 Å². The molecule has 0 aliphatic heterocycles. The zero-order chi connectivity index (χ0) is 13.8. The standard InChI is InChI=1S/C11H13N3O3S/c1-14(2)18(16,17)10-5-3-9(4-6-10)13-11(15)7-8-12/h3-6H,7H2,1-2H3,(H,13,15). The molecule has 0 saturated carbocycles. The van der Waals surface area contributed by atoms with Crippen molar-refractivity contribution >= 4 is 21.6 Å². The van der Waals surface area contributed by atoms with E-state index in [0.29, 0.717) is 5.69 Å². The maximum Gasteiger partial charge on any atom is 0.242 e. The second-order valence-electron chi connectivity index (χ2n) is 3.69. The van der Waals surface area contributed by atoms with E-state index in [1.165, 1.54) is 38.4 Å². The molecule has 0 heterocycles. The van der Waals surface area contributed by atoms with Gasteiger partial charge in [-0.05, 0) is 24.3 Å². The maximum atomic E-state index is 11.8.